The second-order valence-electron chi connectivity index (χ2n) is 20.8. The minimum atomic E-state index is -0.605. The molecule has 0 radical (unpaired) electrons. The van der Waals surface area contributed by atoms with Gasteiger partial charge >= 0.3 is 0 Å². The van der Waals surface area contributed by atoms with Crippen LogP contribution in [-0.2, 0) is 82.7 Å². The molecule has 7 amide bonds. The van der Waals surface area contributed by atoms with Crippen molar-refractivity contribution in [3.63, 3.8) is 0 Å². The smallest absolute Gasteiger partial charge is 0.291 e. The molecule has 32 nitrogen and oxygen atoms in total. The molecule has 5 heterocycles. The number of rotatable bonds is 42. The molecule has 0 spiro atoms. The van der Waals surface area contributed by atoms with Gasteiger partial charge in [-0.1, -0.05) is 0 Å². The maximum atomic E-state index is 13.3. The normalized spacial score (nSPS) is 13.5. The van der Waals surface area contributed by atoms with E-state index in [-0.39, 0.29) is 78.6 Å². The van der Waals surface area contributed by atoms with Crippen LogP contribution in [0.4, 0.5) is 28.7 Å². The van der Waals surface area contributed by atoms with Gasteiger partial charge in [0, 0.05) is 110 Å². The molecular formula is C59H82N16O16. The van der Waals surface area contributed by atoms with Crippen molar-refractivity contribution in [2.24, 2.45) is 41.2 Å². The molecule has 7 rings (SSSR count). The number of nitrogens with one attached hydrogen (secondary N) is 7. The lowest BCUT2D eigenvalue weighted by Gasteiger charge is -2.34. The van der Waals surface area contributed by atoms with E-state index in [9.17, 15) is 33.6 Å². The van der Waals surface area contributed by atoms with Gasteiger partial charge < -0.3 is 108 Å². The lowest BCUT2D eigenvalue weighted by atomic mass is 9.79. The number of nitrogens with zero attached hydrogens (tertiary/aromatic N) is 8. The summed E-state index contributed by atoms with van der Waals surface area (Å²) in [5.41, 5.74) is 7.57. The van der Waals surface area contributed by atoms with Gasteiger partial charge in [-0.25, -0.2) is 15.0 Å². The van der Waals surface area contributed by atoms with Crippen LogP contribution in [0.3, 0.4) is 0 Å². The van der Waals surface area contributed by atoms with Gasteiger partial charge in [0.05, 0.1) is 117 Å². The molecule has 0 atom stereocenters. The lowest BCUT2D eigenvalue weighted by Crippen LogP contribution is -2.48. The third-order valence-corrected chi connectivity index (χ3v) is 13.7. The third-order valence-electron chi connectivity index (χ3n) is 13.7. The number of carbonyl (C=O) groups is 7. The number of hydrogen-bond donors (Lipinski definition) is 8. The standard InChI is InChI=1S/C59H82N16O16/c1-71-14-12-61-51(71)58(81)65-43-34-46(72(2)36-43)55(78)62-11-10-50(76)67-48-38-75(5)53(68-48)59(82)66-44-35-47(73(3)37-44)56(79)64-42-32-40(33-42)54(77)70-49-39-74(4)52(69-49)57(80)63-13-15-83-16-17-84-18-19-85-20-21-86-22-23-87-24-25-88-26-27-89-28-29-90-30-31-91-45-8-6-41(60)7-9-45/h6-9,12,14,34-40,42H,10-11,13,15-33,60H2,1-5H3,(H,62,78)(H,63,80)(H,64,79)(H,65,81)(H,66,82)(H,67,76)(H,70,77)/t40-,42-. The summed E-state index contributed by atoms with van der Waals surface area (Å²) in [6.45, 7) is 7.35. The predicted molar refractivity (Wildman–Crippen MR) is 330 cm³/mol. The first-order valence-electron chi connectivity index (χ1n) is 29.6. The fraction of sp³-hybridized carbons (Fsp3) is 0.492. The first-order valence-corrected chi connectivity index (χ1v) is 29.6. The van der Waals surface area contributed by atoms with E-state index in [4.69, 9.17) is 48.4 Å². The number of imidazole rings is 3. The highest BCUT2D eigenvalue weighted by molar-refractivity contribution is 6.05. The van der Waals surface area contributed by atoms with Gasteiger partial charge in [-0.2, -0.15) is 0 Å². The van der Waals surface area contributed by atoms with Crippen molar-refractivity contribution in [1.29, 1.82) is 0 Å². The van der Waals surface area contributed by atoms with Crippen LogP contribution in [-0.4, -0.2) is 211 Å². The van der Waals surface area contributed by atoms with Crippen molar-refractivity contribution < 1.29 is 76.2 Å². The van der Waals surface area contributed by atoms with E-state index in [2.05, 4.69) is 52.2 Å². The molecule has 5 aromatic heterocycles. The van der Waals surface area contributed by atoms with Crippen molar-refractivity contribution >= 4 is 70.0 Å². The van der Waals surface area contributed by atoms with Gasteiger partial charge in [0.25, 0.3) is 29.5 Å². The Morgan fingerprint density at radius 1 is 0.484 bits per heavy atom. The summed E-state index contributed by atoms with van der Waals surface area (Å²) in [5, 5.41) is 19.2. The van der Waals surface area contributed by atoms with Gasteiger partial charge in [0.2, 0.25) is 23.5 Å². The quantitative estimate of drug-likeness (QED) is 0.0199. The number of aromatic nitrogens is 8. The van der Waals surface area contributed by atoms with Crippen LogP contribution in [0.5, 0.6) is 5.75 Å². The van der Waals surface area contributed by atoms with E-state index in [1.807, 2.05) is 12.1 Å². The van der Waals surface area contributed by atoms with Crippen molar-refractivity contribution in [3.05, 3.63) is 102 Å². The van der Waals surface area contributed by atoms with Crippen molar-refractivity contribution in [2.75, 3.05) is 152 Å². The van der Waals surface area contributed by atoms with E-state index < -0.39 is 41.4 Å². The van der Waals surface area contributed by atoms with Gasteiger partial charge in [0.15, 0.2) is 17.5 Å². The van der Waals surface area contributed by atoms with Crippen LogP contribution in [0, 0.1) is 5.92 Å². The van der Waals surface area contributed by atoms with Gasteiger partial charge in [-0.3, -0.25) is 33.6 Å². The molecule has 0 bridgehead atoms. The monoisotopic (exact) mass is 1270 g/mol. The lowest BCUT2D eigenvalue weighted by molar-refractivity contribution is -0.123. The Hall–Kier alpha value is -9.02. The molecule has 0 saturated heterocycles. The van der Waals surface area contributed by atoms with Crippen LogP contribution in [0.1, 0.15) is 72.1 Å². The second kappa shape index (κ2) is 36.6. The fourth-order valence-electron chi connectivity index (χ4n) is 8.91. The molecule has 1 fully saturated rings. The molecule has 1 aliphatic rings. The highest BCUT2D eigenvalue weighted by Gasteiger charge is 2.36. The summed E-state index contributed by atoms with van der Waals surface area (Å²) in [6.07, 6.45) is 9.92. The Morgan fingerprint density at radius 3 is 1.44 bits per heavy atom. The number of ether oxygens (including phenoxy) is 9. The van der Waals surface area contributed by atoms with Crippen LogP contribution >= 0.6 is 0 Å². The van der Waals surface area contributed by atoms with E-state index >= 15 is 0 Å². The van der Waals surface area contributed by atoms with Crippen molar-refractivity contribution in [2.45, 2.75) is 25.3 Å². The Bertz CT molecular complexity index is 3310. The predicted octanol–water partition coefficient (Wildman–Crippen LogP) is 1.50. The number of anilines is 5. The number of carbonyl (C=O) groups excluding carboxylic acids is 7. The number of hydrogen-bond acceptors (Lipinski definition) is 20. The average Bonchev–Trinajstić information content (AvgIpc) is 1.90. The molecule has 0 aliphatic heterocycles. The van der Waals surface area contributed by atoms with E-state index in [1.54, 1.807) is 79.7 Å². The SMILES string of the molecule is Cn1cc(NC(=O)c2nccn2C)cc1C(=O)NCCC(=O)Nc1cn(C)c(C(=O)Nc2cc(C(=O)N[C@H]3C[C@H](C(=O)Nc4cn(C)c(C(=O)NCCOCCOCCOCCOCCOCCOCCOCCOCCOc5ccc(N)cc5)n4)C3)n(C)c2)n1. The molecule has 494 valence electrons. The Morgan fingerprint density at radius 2 is 0.934 bits per heavy atom. The second-order valence-corrected chi connectivity index (χ2v) is 20.8. The zero-order chi connectivity index (χ0) is 64.9. The Labute approximate surface area is 525 Å². The molecule has 1 aromatic carbocycles. The Kier molecular flexibility index (Phi) is 27.9. The van der Waals surface area contributed by atoms with Gasteiger partial charge in [-0.05, 0) is 49.2 Å². The summed E-state index contributed by atoms with van der Waals surface area (Å²) in [5.74, 6) is -2.20. The summed E-state index contributed by atoms with van der Waals surface area (Å²) < 4.78 is 57.3. The maximum Gasteiger partial charge on any atom is 0.291 e. The topological polar surface area (TPSA) is 376 Å². The number of benzene rings is 1. The highest BCUT2D eigenvalue weighted by Crippen LogP contribution is 2.29. The van der Waals surface area contributed by atoms with E-state index in [0.717, 1.165) is 5.75 Å². The molecule has 1 saturated carbocycles. The fourth-order valence-corrected chi connectivity index (χ4v) is 8.91. The number of nitrogen functional groups attached to an aromatic ring is 1. The number of amides is 7. The number of nitrogens with two attached hydrogens (primary N) is 1. The van der Waals surface area contributed by atoms with Gasteiger partial charge in [-0.15, -0.1) is 0 Å². The summed E-state index contributed by atoms with van der Waals surface area (Å²) in [4.78, 5) is 103. The highest BCUT2D eigenvalue weighted by atomic mass is 16.6. The maximum absolute atomic E-state index is 13.3. The van der Waals surface area contributed by atoms with Gasteiger partial charge in [0.1, 0.15) is 23.7 Å². The van der Waals surface area contributed by atoms with Crippen LogP contribution in [0.25, 0.3) is 0 Å². The summed E-state index contributed by atoms with van der Waals surface area (Å²) >= 11 is 0. The minimum Gasteiger partial charge on any atom is -0.491 e. The molecule has 6 aromatic rings. The van der Waals surface area contributed by atoms with E-state index in [1.165, 1.54) is 39.9 Å². The summed E-state index contributed by atoms with van der Waals surface area (Å²) in [7, 11) is 8.20. The van der Waals surface area contributed by atoms with Crippen LogP contribution < -0.4 is 47.7 Å². The minimum absolute atomic E-state index is 0.0145. The molecule has 32 heteroatoms. The average molecular weight is 1270 g/mol. The first kappa shape index (κ1) is 69.5. The number of aryl methyl sites for hydroxylation is 5. The zero-order valence-electron chi connectivity index (χ0n) is 51.8. The van der Waals surface area contributed by atoms with Crippen LogP contribution in [0.15, 0.2) is 73.6 Å². The van der Waals surface area contributed by atoms with Crippen molar-refractivity contribution in [1.82, 2.24) is 53.7 Å². The third kappa shape index (κ3) is 23.1. The van der Waals surface area contributed by atoms with E-state index in [0.29, 0.717) is 136 Å². The molecule has 0 unspecified atom stereocenters. The summed E-state index contributed by atoms with van der Waals surface area (Å²) in [6, 6.07) is 9.92. The molecule has 1 aliphatic carbocycles. The van der Waals surface area contributed by atoms with Crippen molar-refractivity contribution in [3.8, 4) is 5.75 Å². The molecule has 9 N–H and O–H groups in total. The first-order chi connectivity index (χ1) is 44.0. The Balaban J connectivity index is 0.653. The largest absolute Gasteiger partial charge is 0.491 e. The molecule has 91 heavy (non-hydrogen) atoms. The molecular weight excluding hydrogens is 1190 g/mol. The zero-order valence-corrected chi connectivity index (χ0v) is 51.8. The van der Waals surface area contributed by atoms with Crippen LogP contribution in [0.2, 0.25) is 0 Å².